The number of likely N-dealkylation sites (tertiary alicyclic amines) is 1. The summed E-state index contributed by atoms with van der Waals surface area (Å²) < 4.78 is 34.0. The summed E-state index contributed by atoms with van der Waals surface area (Å²) in [6, 6.07) is 0. The highest BCUT2D eigenvalue weighted by molar-refractivity contribution is 6.06. The lowest BCUT2D eigenvalue weighted by molar-refractivity contribution is -0.188. The van der Waals surface area contributed by atoms with Crippen LogP contribution in [0.15, 0.2) is 0 Å². The van der Waals surface area contributed by atoms with E-state index in [-0.39, 0.29) is 45.7 Å². The van der Waals surface area contributed by atoms with E-state index in [0.29, 0.717) is 6.42 Å². The molecule has 7 rings (SSSR count). The number of imide groups is 1. The summed E-state index contributed by atoms with van der Waals surface area (Å²) in [5, 5.41) is 13.5. The molecule has 366 valence electrons. The summed E-state index contributed by atoms with van der Waals surface area (Å²) >= 11 is 0. The molecule has 66 heavy (non-hydrogen) atoms. The third-order valence-electron chi connectivity index (χ3n) is 14.6. The number of carbonyl (C=O) groups excluding carboxylic acids is 9. The molecule has 4 saturated carbocycles. The van der Waals surface area contributed by atoms with Crippen molar-refractivity contribution in [2.24, 2.45) is 71.0 Å². The predicted octanol–water partition coefficient (Wildman–Crippen LogP) is 1.26. The maximum absolute atomic E-state index is 14.7. The second kappa shape index (κ2) is 17.1. The Kier molecular flexibility index (Phi) is 12.7. The Morgan fingerprint density at radius 1 is 0.530 bits per heavy atom. The fourth-order valence-corrected chi connectivity index (χ4v) is 13.3. The Morgan fingerprint density at radius 3 is 1.20 bits per heavy atom. The van der Waals surface area contributed by atoms with E-state index in [2.05, 4.69) is 26.6 Å². The van der Waals surface area contributed by atoms with Crippen LogP contribution in [-0.4, -0.2) is 140 Å². The molecular weight excluding hydrogens is 865 g/mol. The third-order valence-corrected chi connectivity index (χ3v) is 14.6. The predicted molar refractivity (Wildman–Crippen MR) is 227 cm³/mol. The molecule has 5 N–H and O–H groups in total. The highest BCUT2D eigenvalue weighted by Crippen LogP contribution is 2.82. The zero-order chi connectivity index (χ0) is 48.6. The van der Waals surface area contributed by atoms with Crippen molar-refractivity contribution in [1.29, 1.82) is 0 Å². The molecule has 4 aliphatic carbocycles. The smallest absolute Gasteiger partial charge is 0.407 e. The SMILES string of the molecule is COC(=O)[C@]12O[C@](C(=O)OC)([C@@H]3[C@@H]4C[C@@H]([C@H](C(=O)NCCNC(=O)OC(C)(C)C)[C@@H]4C(=O)NCCNC(=O)OC(C)(C)C)[C@@H]31)[C@H]1[C@H]3C[C@H]([C@H]4C(=O)N(CCNC(=O)OC(C)(C)C)C(=O)[C@@H]34)[C@H]12. The summed E-state index contributed by atoms with van der Waals surface area (Å²) in [6.45, 7) is 15.2. The molecule has 7 aliphatic rings. The first-order valence-corrected chi connectivity index (χ1v) is 22.9. The number of esters is 2. The molecule has 14 atom stereocenters. The van der Waals surface area contributed by atoms with Gasteiger partial charge in [-0.3, -0.25) is 24.1 Å². The van der Waals surface area contributed by atoms with E-state index in [1.54, 1.807) is 62.3 Å². The molecule has 0 aromatic rings. The number of fused-ring (bicyclic) bond motifs is 19. The standard InChI is InChI=1S/C45H66N6O15/c1-41(2,3)63-38(58)48-14-12-46-32(52)24-20-18-21(25(24)33(53)47-13-15-49-39(59)64-42(4,5)6)29-28(20)44(36(56)61-10)30-22-19-23(31(30)45(29,66-44)37(57)62-11)27-26(22)34(54)51(35(27)55)17-16-50-40(60)65-43(7,8)9/h20-31H,12-19H2,1-11H3,(H,46,52)(H,47,53)(H,48,58)(H,49,59)(H,50,60)/t20-,21+,22+,23-,24-,25+,26+,27-,28-,29+,30+,31-,44-,45+. The molecule has 0 aromatic carbocycles. The second-order valence-corrected chi connectivity index (χ2v) is 21.7. The average Bonchev–Trinajstić information content (AvgIpc) is 4.07. The first kappa shape index (κ1) is 48.7. The van der Waals surface area contributed by atoms with Gasteiger partial charge < -0.3 is 55.0 Å². The highest BCUT2D eigenvalue weighted by Gasteiger charge is 2.92. The molecule has 0 spiro atoms. The number of nitrogens with one attached hydrogen (secondary N) is 5. The lowest BCUT2D eigenvalue weighted by Gasteiger charge is -2.52. The Hall–Kier alpha value is -5.21. The highest BCUT2D eigenvalue weighted by atomic mass is 16.6. The van der Waals surface area contributed by atoms with Gasteiger partial charge in [0.1, 0.15) is 16.8 Å². The van der Waals surface area contributed by atoms with Crippen molar-refractivity contribution in [3.8, 4) is 0 Å². The van der Waals surface area contributed by atoms with Crippen LogP contribution in [-0.2, 0) is 57.2 Å². The minimum absolute atomic E-state index is 0.00239. The van der Waals surface area contributed by atoms with E-state index >= 15 is 0 Å². The van der Waals surface area contributed by atoms with Crippen molar-refractivity contribution in [2.45, 2.75) is 103 Å². The van der Waals surface area contributed by atoms with E-state index in [0.717, 1.165) is 4.90 Å². The van der Waals surface area contributed by atoms with E-state index in [9.17, 15) is 43.2 Å². The van der Waals surface area contributed by atoms with Crippen LogP contribution in [0.1, 0.15) is 75.2 Å². The number of alkyl carbamates (subject to hydrolysis) is 3. The Bertz CT molecular complexity index is 1920. The first-order chi connectivity index (χ1) is 30.7. The maximum atomic E-state index is 14.7. The zero-order valence-electron chi connectivity index (χ0n) is 39.7. The summed E-state index contributed by atoms with van der Waals surface area (Å²) in [5.41, 5.74) is -5.99. The van der Waals surface area contributed by atoms with Gasteiger partial charge in [-0.1, -0.05) is 0 Å². The number of rotatable bonds is 13. The van der Waals surface area contributed by atoms with Gasteiger partial charge in [0, 0.05) is 62.9 Å². The Balaban J connectivity index is 1.19. The summed E-state index contributed by atoms with van der Waals surface area (Å²) in [7, 11) is 2.41. The lowest BCUT2D eigenvalue weighted by atomic mass is 9.46. The van der Waals surface area contributed by atoms with Crippen LogP contribution in [0.5, 0.6) is 0 Å². The Labute approximate surface area is 383 Å². The number of ether oxygens (including phenoxy) is 6. The fraction of sp³-hybridized carbons (Fsp3) is 0.800. The molecule has 0 unspecified atom stereocenters. The van der Waals surface area contributed by atoms with Crippen LogP contribution >= 0.6 is 0 Å². The minimum atomic E-state index is -1.85. The normalized spacial score (nSPS) is 35.3. The van der Waals surface area contributed by atoms with Crippen molar-refractivity contribution in [2.75, 3.05) is 53.5 Å². The van der Waals surface area contributed by atoms with Crippen LogP contribution in [0, 0.1) is 71.0 Å². The number of methoxy groups -OCH3 is 2. The van der Waals surface area contributed by atoms with E-state index in [4.69, 9.17) is 28.4 Å². The summed E-state index contributed by atoms with van der Waals surface area (Å²) in [5.74, 6) is -13.2. The monoisotopic (exact) mass is 930 g/mol. The van der Waals surface area contributed by atoms with Gasteiger partial charge in [-0.15, -0.1) is 0 Å². The summed E-state index contributed by atoms with van der Waals surface area (Å²) in [6.07, 6.45) is -1.49. The van der Waals surface area contributed by atoms with Crippen LogP contribution in [0.25, 0.3) is 0 Å². The van der Waals surface area contributed by atoms with Gasteiger partial charge in [-0.25, -0.2) is 24.0 Å². The van der Waals surface area contributed by atoms with Crippen LogP contribution < -0.4 is 26.6 Å². The van der Waals surface area contributed by atoms with E-state index in [1.165, 1.54) is 14.2 Å². The molecule has 3 saturated heterocycles. The number of amides is 7. The molecular formula is C45H66N6O15. The summed E-state index contributed by atoms with van der Waals surface area (Å²) in [4.78, 5) is 125. The van der Waals surface area contributed by atoms with Crippen molar-refractivity contribution < 1.29 is 71.6 Å². The zero-order valence-corrected chi connectivity index (χ0v) is 39.7. The van der Waals surface area contributed by atoms with Crippen LogP contribution in [0.3, 0.4) is 0 Å². The van der Waals surface area contributed by atoms with Crippen molar-refractivity contribution in [3.05, 3.63) is 0 Å². The number of nitrogens with zero attached hydrogens (tertiary/aromatic N) is 1. The number of carbonyl (C=O) groups is 9. The van der Waals surface area contributed by atoms with Crippen molar-refractivity contribution >= 4 is 53.8 Å². The molecule has 7 fully saturated rings. The van der Waals surface area contributed by atoms with Gasteiger partial charge in [0.25, 0.3) is 0 Å². The largest absolute Gasteiger partial charge is 0.467 e. The van der Waals surface area contributed by atoms with E-state index in [1.807, 2.05) is 0 Å². The Morgan fingerprint density at radius 2 is 0.848 bits per heavy atom. The number of hydrogen-bond acceptors (Lipinski definition) is 15. The van der Waals surface area contributed by atoms with Gasteiger partial charge in [0.15, 0.2) is 11.2 Å². The number of hydrogen-bond donors (Lipinski definition) is 5. The quantitative estimate of drug-likeness (QED) is 0.0753. The van der Waals surface area contributed by atoms with Crippen LogP contribution in [0.2, 0.25) is 0 Å². The molecule has 6 bridgehead atoms. The lowest BCUT2D eigenvalue weighted by Crippen LogP contribution is -2.65. The molecule has 0 aromatic heterocycles. The molecule has 21 heteroatoms. The van der Waals surface area contributed by atoms with Gasteiger partial charge in [0.05, 0.1) is 37.9 Å². The van der Waals surface area contributed by atoms with Gasteiger partial charge in [-0.2, -0.15) is 0 Å². The van der Waals surface area contributed by atoms with Gasteiger partial charge in [-0.05, 0) is 98.8 Å². The average molecular weight is 931 g/mol. The van der Waals surface area contributed by atoms with Crippen molar-refractivity contribution in [1.82, 2.24) is 31.5 Å². The third kappa shape index (κ3) is 8.09. The molecule has 3 heterocycles. The van der Waals surface area contributed by atoms with E-state index < -0.39 is 153 Å². The molecule has 21 nitrogen and oxygen atoms in total. The second-order valence-electron chi connectivity index (χ2n) is 21.7. The first-order valence-electron chi connectivity index (χ1n) is 22.9. The van der Waals surface area contributed by atoms with Gasteiger partial charge >= 0.3 is 30.2 Å². The molecule has 0 radical (unpaired) electrons. The maximum Gasteiger partial charge on any atom is 0.407 e. The molecule has 3 aliphatic heterocycles. The van der Waals surface area contributed by atoms with Crippen molar-refractivity contribution in [3.63, 3.8) is 0 Å². The topological polar surface area (TPSA) is 272 Å². The molecule has 7 amide bonds. The fourth-order valence-electron chi connectivity index (χ4n) is 13.3. The minimum Gasteiger partial charge on any atom is -0.467 e. The van der Waals surface area contributed by atoms with Gasteiger partial charge in [0.2, 0.25) is 23.6 Å². The van der Waals surface area contributed by atoms with Crippen LogP contribution in [0.4, 0.5) is 14.4 Å².